The van der Waals surface area contributed by atoms with E-state index in [4.69, 9.17) is 0 Å². The molecule has 0 atom stereocenters. The molecule has 1 aromatic heterocycles. The second-order valence-electron chi connectivity index (χ2n) is 6.43. The summed E-state index contributed by atoms with van der Waals surface area (Å²) in [5, 5.41) is 5.04. The quantitative estimate of drug-likeness (QED) is 0.650. The Morgan fingerprint density at radius 3 is 2.76 bits per heavy atom. The number of rotatable bonds is 9. The Morgan fingerprint density at radius 2 is 1.95 bits per heavy atom. The molecule has 0 unspecified atom stereocenters. The van der Waals surface area contributed by atoms with E-state index in [-0.39, 0.29) is 0 Å². The summed E-state index contributed by atoms with van der Waals surface area (Å²) in [6, 6.07) is 9.76. The fourth-order valence-electron chi connectivity index (χ4n) is 3.10. The number of aromatic nitrogens is 1. The maximum atomic E-state index is 3.65. The summed E-state index contributed by atoms with van der Waals surface area (Å²) in [7, 11) is 0. The fourth-order valence-corrected chi connectivity index (χ4v) is 3.10. The molecule has 0 spiro atoms. The highest BCUT2D eigenvalue weighted by molar-refractivity contribution is 5.83. The summed E-state index contributed by atoms with van der Waals surface area (Å²) >= 11 is 0. The third-order valence-electron chi connectivity index (χ3n) is 4.53. The van der Waals surface area contributed by atoms with E-state index in [1.54, 1.807) is 0 Å². The summed E-state index contributed by atoms with van der Waals surface area (Å²) in [4.78, 5) is 0. The lowest BCUT2D eigenvalue weighted by atomic mass is 10.1. The number of benzene rings is 1. The Labute approximate surface area is 128 Å². The van der Waals surface area contributed by atoms with Gasteiger partial charge in [0.25, 0.3) is 0 Å². The maximum absolute atomic E-state index is 3.65. The highest BCUT2D eigenvalue weighted by Gasteiger charge is 2.20. The molecule has 0 amide bonds. The van der Waals surface area contributed by atoms with Crippen molar-refractivity contribution >= 4 is 10.9 Å². The monoisotopic (exact) mass is 284 g/mol. The zero-order valence-corrected chi connectivity index (χ0v) is 13.3. The first-order valence-corrected chi connectivity index (χ1v) is 8.68. The smallest absolute Gasteiger partial charge is 0.0525 e. The van der Waals surface area contributed by atoms with E-state index in [0.29, 0.717) is 0 Å². The van der Waals surface area contributed by atoms with E-state index >= 15 is 0 Å². The van der Waals surface area contributed by atoms with Gasteiger partial charge >= 0.3 is 0 Å². The number of fused-ring (bicyclic) bond motifs is 1. The van der Waals surface area contributed by atoms with Crippen molar-refractivity contribution in [1.29, 1.82) is 0 Å². The van der Waals surface area contributed by atoms with E-state index in [1.807, 2.05) is 0 Å². The van der Waals surface area contributed by atoms with Crippen molar-refractivity contribution in [3.05, 3.63) is 36.0 Å². The Hall–Kier alpha value is -1.28. The maximum Gasteiger partial charge on any atom is 0.0525 e. The van der Waals surface area contributed by atoms with E-state index in [2.05, 4.69) is 47.3 Å². The summed E-state index contributed by atoms with van der Waals surface area (Å²) in [6.45, 7) is 4.45. The number of hydrogen-bond acceptors (Lipinski definition) is 1. The van der Waals surface area contributed by atoms with Crippen molar-refractivity contribution in [2.45, 2.75) is 71.0 Å². The van der Waals surface area contributed by atoms with Gasteiger partial charge in [-0.3, -0.25) is 0 Å². The predicted octanol–water partition coefficient (Wildman–Crippen LogP) is 4.86. The van der Waals surface area contributed by atoms with Crippen molar-refractivity contribution < 1.29 is 0 Å². The topological polar surface area (TPSA) is 17.0 Å². The summed E-state index contributed by atoms with van der Waals surface area (Å²) < 4.78 is 2.46. The molecule has 1 aromatic carbocycles. The fraction of sp³-hybridized carbons (Fsp3) is 0.579. The van der Waals surface area contributed by atoms with Gasteiger partial charge in [0, 0.05) is 25.3 Å². The molecule has 2 aromatic rings. The molecule has 1 aliphatic rings. The largest absolute Gasteiger partial charge is 0.347 e. The van der Waals surface area contributed by atoms with E-state index in [1.165, 1.54) is 61.4 Å². The average molecular weight is 284 g/mol. The highest BCUT2D eigenvalue weighted by Crippen LogP contribution is 2.24. The molecule has 1 saturated carbocycles. The molecule has 1 fully saturated rings. The molecule has 3 rings (SSSR count). The van der Waals surface area contributed by atoms with E-state index in [9.17, 15) is 0 Å². The van der Waals surface area contributed by atoms with Gasteiger partial charge in [-0.1, -0.05) is 50.8 Å². The van der Waals surface area contributed by atoms with Crippen LogP contribution >= 0.6 is 0 Å². The zero-order chi connectivity index (χ0) is 14.5. The Kier molecular flexibility index (Phi) is 4.97. The van der Waals surface area contributed by atoms with Crippen LogP contribution in [0.5, 0.6) is 0 Å². The van der Waals surface area contributed by atoms with Crippen LogP contribution in [0.4, 0.5) is 0 Å². The number of hydrogen-bond donors (Lipinski definition) is 1. The van der Waals surface area contributed by atoms with Gasteiger partial charge in [-0.15, -0.1) is 0 Å². The Bertz CT molecular complexity index is 566. The van der Waals surface area contributed by atoms with Crippen LogP contribution in [0.2, 0.25) is 0 Å². The number of unbranched alkanes of at least 4 members (excludes halogenated alkanes) is 4. The summed E-state index contributed by atoms with van der Waals surface area (Å²) in [6.07, 6.45) is 11.7. The van der Waals surface area contributed by atoms with Crippen molar-refractivity contribution in [2.75, 3.05) is 0 Å². The molecular formula is C19H28N2. The second kappa shape index (κ2) is 7.13. The summed E-state index contributed by atoms with van der Waals surface area (Å²) in [5.74, 6) is 0. The van der Waals surface area contributed by atoms with Crippen LogP contribution in [0.3, 0.4) is 0 Å². The van der Waals surface area contributed by atoms with Crippen molar-refractivity contribution in [2.24, 2.45) is 0 Å². The van der Waals surface area contributed by atoms with Crippen LogP contribution in [-0.4, -0.2) is 10.6 Å². The third kappa shape index (κ3) is 3.88. The first kappa shape index (κ1) is 14.6. The molecule has 2 nitrogen and oxygen atoms in total. The molecule has 114 valence electrons. The average Bonchev–Trinajstić information content (AvgIpc) is 3.24. The SMILES string of the molecule is CCCCCCCn1ccc2cccc(CNC3CC3)c21. The lowest BCUT2D eigenvalue weighted by molar-refractivity contribution is 0.576. The Morgan fingerprint density at radius 1 is 1.10 bits per heavy atom. The number of nitrogens with one attached hydrogen (secondary N) is 1. The van der Waals surface area contributed by atoms with Gasteiger partial charge in [0.05, 0.1) is 5.52 Å². The number of nitrogens with zero attached hydrogens (tertiary/aromatic N) is 1. The molecule has 0 saturated heterocycles. The van der Waals surface area contributed by atoms with Crippen molar-refractivity contribution in [3.8, 4) is 0 Å². The van der Waals surface area contributed by atoms with Crippen LogP contribution < -0.4 is 5.32 Å². The van der Waals surface area contributed by atoms with E-state index in [0.717, 1.165) is 19.1 Å². The first-order chi connectivity index (χ1) is 10.4. The molecule has 1 N–H and O–H groups in total. The second-order valence-corrected chi connectivity index (χ2v) is 6.43. The molecule has 0 radical (unpaired) electrons. The first-order valence-electron chi connectivity index (χ1n) is 8.68. The van der Waals surface area contributed by atoms with Gasteiger partial charge < -0.3 is 9.88 Å². The van der Waals surface area contributed by atoms with Crippen LogP contribution in [-0.2, 0) is 13.1 Å². The molecule has 0 bridgehead atoms. The van der Waals surface area contributed by atoms with Gasteiger partial charge in [-0.2, -0.15) is 0 Å². The number of para-hydroxylation sites is 1. The van der Waals surface area contributed by atoms with E-state index < -0.39 is 0 Å². The number of aryl methyl sites for hydroxylation is 1. The molecule has 0 aliphatic heterocycles. The molecule has 21 heavy (non-hydrogen) atoms. The van der Waals surface area contributed by atoms with Crippen LogP contribution in [0.1, 0.15) is 57.4 Å². The van der Waals surface area contributed by atoms with Gasteiger partial charge in [-0.25, -0.2) is 0 Å². The Balaban J connectivity index is 1.66. The van der Waals surface area contributed by atoms with Crippen molar-refractivity contribution in [3.63, 3.8) is 0 Å². The van der Waals surface area contributed by atoms with Crippen LogP contribution in [0.25, 0.3) is 10.9 Å². The minimum absolute atomic E-state index is 0.776. The minimum atomic E-state index is 0.776. The molecule has 1 aliphatic carbocycles. The van der Waals surface area contributed by atoms with Crippen LogP contribution in [0, 0.1) is 0 Å². The van der Waals surface area contributed by atoms with Crippen molar-refractivity contribution in [1.82, 2.24) is 9.88 Å². The molecular weight excluding hydrogens is 256 g/mol. The summed E-state index contributed by atoms with van der Waals surface area (Å²) in [5.41, 5.74) is 2.90. The van der Waals surface area contributed by atoms with Gasteiger partial charge in [-0.05, 0) is 36.3 Å². The lowest BCUT2D eigenvalue weighted by Crippen LogP contribution is -2.16. The zero-order valence-electron chi connectivity index (χ0n) is 13.3. The molecule has 2 heteroatoms. The predicted molar refractivity (Wildman–Crippen MR) is 90.6 cm³/mol. The van der Waals surface area contributed by atoms with Gasteiger partial charge in [0.15, 0.2) is 0 Å². The van der Waals surface area contributed by atoms with Crippen LogP contribution in [0.15, 0.2) is 30.5 Å². The standard InChI is InChI=1S/C19H28N2/c1-2-3-4-5-6-13-21-14-12-16-8-7-9-17(19(16)21)15-20-18-10-11-18/h7-9,12,14,18,20H,2-6,10-11,13,15H2,1H3. The van der Waals surface area contributed by atoms with Gasteiger partial charge in [0.2, 0.25) is 0 Å². The lowest BCUT2D eigenvalue weighted by Gasteiger charge is -2.11. The third-order valence-corrected chi connectivity index (χ3v) is 4.53. The normalized spacial score (nSPS) is 14.9. The van der Waals surface area contributed by atoms with Gasteiger partial charge in [0.1, 0.15) is 0 Å². The minimum Gasteiger partial charge on any atom is -0.347 e. The highest BCUT2D eigenvalue weighted by atomic mass is 15.0. The molecule has 1 heterocycles.